The largest absolute Gasteiger partial charge is 0.441 e. The number of H-pyrrole nitrogens is 1. The van der Waals surface area contributed by atoms with Crippen LogP contribution in [0.4, 0.5) is 25.4 Å². The van der Waals surface area contributed by atoms with Gasteiger partial charge in [0.05, 0.1) is 23.3 Å². The van der Waals surface area contributed by atoms with Gasteiger partial charge in [-0.2, -0.15) is 0 Å². The lowest BCUT2D eigenvalue weighted by atomic mass is 9.78. The summed E-state index contributed by atoms with van der Waals surface area (Å²) >= 11 is 0. The molecule has 176 valence electrons. The van der Waals surface area contributed by atoms with E-state index in [2.05, 4.69) is 4.98 Å². The predicted molar refractivity (Wildman–Crippen MR) is 126 cm³/mol. The average molecular weight is 464 g/mol. The predicted octanol–water partition coefficient (Wildman–Crippen LogP) is 4.63. The zero-order valence-corrected chi connectivity index (χ0v) is 19.0. The number of anilines is 2. The number of fused-ring (bicyclic) bond motifs is 1. The number of carbonyl (C=O) groups excluding carboxylic acids is 2. The van der Waals surface area contributed by atoms with Crippen molar-refractivity contribution in [1.82, 2.24) is 14.9 Å². The van der Waals surface area contributed by atoms with E-state index in [0.29, 0.717) is 32.5 Å². The Balaban J connectivity index is 1.17. The fourth-order valence-electron chi connectivity index (χ4n) is 5.42. The van der Waals surface area contributed by atoms with Gasteiger partial charge >= 0.3 is 12.1 Å². The van der Waals surface area contributed by atoms with Crippen LogP contribution in [0.15, 0.2) is 42.5 Å². The molecule has 3 aliphatic rings. The van der Waals surface area contributed by atoms with Crippen LogP contribution in [0.25, 0.3) is 11.0 Å². The maximum Gasteiger partial charge on any atom is 0.415 e. The number of hydrogen-bond acceptors (Lipinski definition) is 4. The summed E-state index contributed by atoms with van der Waals surface area (Å²) in [4.78, 5) is 38.0. The van der Waals surface area contributed by atoms with Crippen LogP contribution in [0.5, 0.6) is 0 Å². The molecule has 8 nitrogen and oxygen atoms in total. The minimum atomic E-state index is -0.586. The molecule has 3 fully saturated rings. The van der Waals surface area contributed by atoms with E-state index < -0.39 is 17.5 Å². The zero-order valence-electron chi connectivity index (χ0n) is 19.0. The van der Waals surface area contributed by atoms with Gasteiger partial charge in [0.25, 0.3) is 0 Å². The Morgan fingerprint density at radius 3 is 2.62 bits per heavy atom. The van der Waals surface area contributed by atoms with Crippen LogP contribution in [-0.2, 0) is 4.74 Å². The van der Waals surface area contributed by atoms with Crippen molar-refractivity contribution in [2.24, 2.45) is 0 Å². The molecule has 1 saturated carbocycles. The molecule has 1 aromatic heterocycles. The lowest BCUT2D eigenvalue weighted by Gasteiger charge is -2.34. The summed E-state index contributed by atoms with van der Waals surface area (Å²) < 4.78 is 20.0. The zero-order chi connectivity index (χ0) is 23.4. The molecular weight excluding hydrogens is 437 g/mol. The quantitative estimate of drug-likeness (QED) is 0.614. The van der Waals surface area contributed by atoms with Crippen LogP contribution in [0, 0.1) is 5.82 Å². The number of likely N-dealkylation sites (N-methyl/N-ethyl adjacent to an activating group) is 1. The van der Waals surface area contributed by atoms with Crippen molar-refractivity contribution in [2.45, 2.75) is 37.2 Å². The van der Waals surface area contributed by atoms with Gasteiger partial charge in [-0.05, 0) is 56.0 Å². The summed E-state index contributed by atoms with van der Waals surface area (Å²) in [7, 11) is 1.81. The Kier molecular flexibility index (Phi) is 4.75. The van der Waals surface area contributed by atoms with E-state index in [1.165, 1.54) is 11.0 Å². The van der Waals surface area contributed by atoms with Crippen LogP contribution in [0.2, 0.25) is 0 Å². The number of urea groups is 1. The molecule has 2 saturated heterocycles. The molecular formula is C25H26FN5O3. The second-order valence-corrected chi connectivity index (χ2v) is 9.54. The second-order valence-electron chi connectivity index (χ2n) is 9.54. The minimum Gasteiger partial charge on any atom is -0.441 e. The first-order valence-corrected chi connectivity index (χ1v) is 11.7. The van der Waals surface area contributed by atoms with Gasteiger partial charge in [-0.1, -0.05) is 12.1 Å². The fraction of sp³-hybridized carbons (Fsp3) is 0.400. The fourth-order valence-corrected chi connectivity index (χ4v) is 5.42. The Hall–Kier alpha value is -3.62. The SMILES string of the molecule is CN1CCN(c2ccc3nc([C@H]4CC[C@]5(CC4)CN(c4ccccc4F)C(=O)O5)[nH]c3c2)C1=O. The van der Waals surface area contributed by atoms with Crippen LogP contribution in [0.3, 0.4) is 0 Å². The van der Waals surface area contributed by atoms with Gasteiger partial charge in [0, 0.05) is 31.7 Å². The first-order chi connectivity index (χ1) is 16.4. The minimum absolute atomic E-state index is 0.00667. The highest BCUT2D eigenvalue weighted by Gasteiger charge is 2.48. The number of imidazole rings is 1. The van der Waals surface area contributed by atoms with E-state index >= 15 is 0 Å². The molecule has 9 heteroatoms. The Labute approximate surface area is 196 Å². The highest BCUT2D eigenvalue weighted by atomic mass is 19.1. The molecule has 34 heavy (non-hydrogen) atoms. The average Bonchev–Trinajstić information content (AvgIpc) is 3.50. The van der Waals surface area contributed by atoms with Gasteiger partial charge in [-0.25, -0.2) is 19.0 Å². The van der Waals surface area contributed by atoms with Crippen molar-refractivity contribution in [2.75, 3.05) is 36.5 Å². The summed E-state index contributed by atoms with van der Waals surface area (Å²) in [5, 5.41) is 0. The number of aromatic nitrogens is 2. The van der Waals surface area contributed by atoms with E-state index in [-0.39, 0.29) is 17.6 Å². The Morgan fingerprint density at radius 2 is 1.88 bits per heavy atom. The van der Waals surface area contributed by atoms with Crippen molar-refractivity contribution in [1.29, 1.82) is 0 Å². The lowest BCUT2D eigenvalue weighted by molar-refractivity contribution is 0.0208. The third-order valence-corrected chi connectivity index (χ3v) is 7.41. The number of halogens is 1. The number of carbonyl (C=O) groups is 2. The van der Waals surface area contributed by atoms with Crippen LogP contribution in [0.1, 0.15) is 37.4 Å². The van der Waals surface area contributed by atoms with Crippen molar-refractivity contribution in [3.63, 3.8) is 0 Å². The smallest absolute Gasteiger partial charge is 0.415 e. The van der Waals surface area contributed by atoms with Gasteiger partial charge in [0.1, 0.15) is 17.2 Å². The highest BCUT2D eigenvalue weighted by molar-refractivity contribution is 5.96. The molecule has 1 spiro atoms. The van der Waals surface area contributed by atoms with E-state index in [0.717, 1.165) is 35.4 Å². The van der Waals surface area contributed by atoms with Gasteiger partial charge in [-0.3, -0.25) is 9.80 Å². The number of hydrogen-bond donors (Lipinski definition) is 1. The molecule has 6 rings (SSSR count). The molecule has 2 aliphatic heterocycles. The summed E-state index contributed by atoms with van der Waals surface area (Å²) in [6.45, 7) is 1.75. The third-order valence-electron chi connectivity index (χ3n) is 7.41. The maximum absolute atomic E-state index is 14.2. The van der Waals surface area contributed by atoms with Crippen molar-refractivity contribution >= 4 is 34.5 Å². The van der Waals surface area contributed by atoms with Crippen LogP contribution < -0.4 is 9.80 Å². The molecule has 1 N–H and O–H groups in total. The third kappa shape index (κ3) is 3.38. The van der Waals surface area contributed by atoms with Crippen molar-refractivity contribution in [3.8, 4) is 0 Å². The van der Waals surface area contributed by atoms with Gasteiger partial charge < -0.3 is 14.6 Å². The number of nitrogens with one attached hydrogen (secondary N) is 1. The van der Waals surface area contributed by atoms with Gasteiger partial charge in [0.15, 0.2) is 0 Å². The summed E-state index contributed by atoms with van der Waals surface area (Å²) in [5.74, 6) is 0.721. The Morgan fingerprint density at radius 1 is 1.09 bits per heavy atom. The van der Waals surface area contributed by atoms with E-state index in [9.17, 15) is 14.0 Å². The first kappa shape index (κ1) is 20.9. The molecule has 3 aromatic rings. The van der Waals surface area contributed by atoms with Gasteiger partial charge in [0.2, 0.25) is 0 Å². The number of aromatic amines is 1. The van der Waals surface area contributed by atoms with E-state index in [1.54, 1.807) is 28.0 Å². The topological polar surface area (TPSA) is 81.8 Å². The molecule has 3 heterocycles. The van der Waals surface area contributed by atoms with Crippen LogP contribution in [-0.4, -0.2) is 59.3 Å². The molecule has 0 bridgehead atoms. The number of nitrogens with zero attached hydrogens (tertiary/aromatic N) is 4. The lowest BCUT2D eigenvalue weighted by Crippen LogP contribution is -2.38. The molecule has 3 amide bonds. The summed E-state index contributed by atoms with van der Waals surface area (Å²) in [6.07, 6.45) is 2.55. The standard InChI is InChI=1S/C25H26FN5O3/c1-29-12-13-30(23(29)32)17-6-7-19-20(14-17)28-22(27-19)16-8-10-25(11-9-16)15-31(24(33)34-25)21-5-3-2-4-18(21)26/h2-7,14,16H,8-13,15H2,1H3,(H,27,28)/t16-,25-. The van der Waals surface area contributed by atoms with Crippen molar-refractivity contribution in [3.05, 3.63) is 54.1 Å². The molecule has 0 atom stereocenters. The number of ether oxygens (including phenoxy) is 1. The second kappa shape index (κ2) is 7.72. The first-order valence-electron chi connectivity index (χ1n) is 11.7. The Bertz CT molecular complexity index is 1280. The number of benzene rings is 2. The molecule has 2 aromatic carbocycles. The molecule has 0 unspecified atom stereocenters. The number of para-hydroxylation sites is 1. The number of rotatable bonds is 3. The number of amides is 3. The molecule has 0 radical (unpaired) electrons. The van der Waals surface area contributed by atoms with E-state index in [4.69, 9.17) is 9.72 Å². The molecule has 1 aliphatic carbocycles. The summed E-state index contributed by atoms with van der Waals surface area (Å²) in [6, 6.07) is 12.2. The van der Waals surface area contributed by atoms with Crippen molar-refractivity contribution < 1.29 is 18.7 Å². The summed E-state index contributed by atoms with van der Waals surface area (Å²) in [5.41, 5.74) is 2.33. The normalized spacial score (nSPS) is 25.1. The monoisotopic (exact) mass is 463 g/mol. The van der Waals surface area contributed by atoms with Crippen LogP contribution >= 0.6 is 0 Å². The van der Waals surface area contributed by atoms with Gasteiger partial charge in [-0.15, -0.1) is 0 Å². The highest BCUT2D eigenvalue weighted by Crippen LogP contribution is 2.44. The maximum atomic E-state index is 14.2. The van der Waals surface area contributed by atoms with E-state index in [1.807, 2.05) is 25.2 Å².